The lowest BCUT2D eigenvalue weighted by molar-refractivity contribution is -0.206. The van der Waals surface area contributed by atoms with Gasteiger partial charge in [-0.25, -0.2) is 0 Å². The fourth-order valence-electron chi connectivity index (χ4n) is 2.17. The van der Waals surface area contributed by atoms with Gasteiger partial charge >= 0.3 is 5.97 Å². The van der Waals surface area contributed by atoms with Gasteiger partial charge in [-0.05, 0) is 5.56 Å². The van der Waals surface area contributed by atoms with Gasteiger partial charge in [0.15, 0.2) is 6.10 Å². The molecule has 3 atom stereocenters. The highest BCUT2D eigenvalue weighted by molar-refractivity contribution is 5.71. The lowest BCUT2D eigenvalue weighted by Gasteiger charge is -2.34. The zero-order valence-electron chi connectivity index (χ0n) is 11.9. The summed E-state index contributed by atoms with van der Waals surface area (Å²) in [6.07, 6.45) is -2.27. The largest absolute Gasteiger partial charge is 0.454 e. The second-order valence-electron chi connectivity index (χ2n) is 4.74. The SMILES string of the molecule is COCCOCO[C@H]1[C@H](O)CC(=O)O[C@H]1c1ccccc1. The van der Waals surface area contributed by atoms with Crippen molar-refractivity contribution < 1.29 is 28.8 Å². The van der Waals surface area contributed by atoms with E-state index in [-0.39, 0.29) is 13.2 Å². The third-order valence-corrected chi connectivity index (χ3v) is 3.22. The number of methoxy groups -OCH3 is 1. The van der Waals surface area contributed by atoms with Crippen LogP contribution in [0.1, 0.15) is 18.1 Å². The van der Waals surface area contributed by atoms with E-state index >= 15 is 0 Å². The van der Waals surface area contributed by atoms with Crippen molar-refractivity contribution in [3.05, 3.63) is 35.9 Å². The maximum atomic E-state index is 11.5. The first-order valence-electron chi connectivity index (χ1n) is 6.83. The van der Waals surface area contributed by atoms with Crippen LogP contribution in [0.4, 0.5) is 0 Å². The summed E-state index contributed by atoms with van der Waals surface area (Å²) in [5.41, 5.74) is 0.784. The molecule has 1 heterocycles. The minimum Gasteiger partial charge on any atom is -0.454 e. The van der Waals surface area contributed by atoms with E-state index in [1.165, 1.54) is 0 Å². The molecule has 21 heavy (non-hydrogen) atoms. The van der Waals surface area contributed by atoms with Crippen LogP contribution in [0.25, 0.3) is 0 Å². The molecule has 1 N–H and O–H groups in total. The van der Waals surface area contributed by atoms with E-state index in [2.05, 4.69) is 0 Å². The summed E-state index contributed by atoms with van der Waals surface area (Å²) in [6.45, 7) is 0.870. The summed E-state index contributed by atoms with van der Waals surface area (Å²) in [5, 5.41) is 10.1. The normalized spacial score (nSPS) is 25.6. The Labute approximate surface area is 123 Å². The number of carbonyl (C=O) groups is 1. The summed E-state index contributed by atoms with van der Waals surface area (Å²) in [6, 6.07) is 9.22. The van der Waals surface area contributed by atoms with Crippen molar-refractivity contribution in [2.24, 2.45) is 0 Å². The third-order valence-electron chi connectivity index (χ3n) is 3.22. The van der Waals surface area contributed by atoms with Crippen LogP contribution in [0.2, 0.25) is 0 Å². The van der Waals surface area contributed by atoms with E-state index in [4.69, 9.17) is 18.9 Å². The highest BCUT2D eigenvalue weighted by Gasteiger charge is 2.39. The highest BCUT2D eigenvalue weighted by Crippen LogP contribution is 2.31. The zero-order chi connectivity index (χ0) is 15.1. The molecule has 1 aromatic carbocycles. The monoisotopic (exact) mass is 296 g/mol. The van der Waals surface area contributed by atoms with Gasteiger partial charge in [-0.3, -0.25) is 4.79 Å². The summed E-state index contributed by atoms with van der Waals surface area (Å²) < 4.78 is 21.0. The number of esters is 1. The molecule has 0 spiro atoms. The second-order valence-corrected chi connectivity index (χ2v) is 4.74. The van der Waals surface area contributed by atoms with Crippen LogP contribution in [0, 0.1) is 0 Å². The fourth-order valence-corrected chi connectivity index (χ4v) is 2.17. The van der Waals surface area contributed by atoms with Gasteiger partial charge in [-0.2, -0.15) is 0 Å². The number of rotatable bonds is 7. The predicted molar refractivity (Wildman–Crippen MR) is 73.5 cm³/mol. The minimum absolute atomic E-state index is 0.00592. The Morgan fingerprint density at radius 2 is 2.05 bits per heavy atom. The lowest BCUT2D eigenvalue weighted by Crippen LogP contribution is -2.43. The Kier molecular flexibility index (Phi) is 6.13. The molecule has 6 nitrogen and oxygen atoms in total. The number of aliphatic hydroxyl groups is 1. The molecule has 2 rings (SSSR count). The molecule has 1 fully saturated rings. The maximum absolute atomic E-state index is 11.5. The summed E-state index contributed by atoms with van der Waals surface area (Å²) in [7, 11) is 1.58. The van der Waals surface area contributed by atoms with Gasteiger partial charge < -0.3 is 24.1 Å². The second kappa shape index (κ2) is 8.09. The molecule has 0 saturated carbocycles. The average molecular weight is 296 g/mol. The van der Waals surface area contributed by atoms with Crippen LogP contribution < -0.4 is 0 Å². The van der Waals surface area contributed by atoms with Gasteiger partial charge in [0, 0.05) is 7.11 Å². The van der Waals surface area contributed by atoms with Gasteiger partial charge in [0.25, 0.3) is 0 Å². The van der Waals surface area contributed by atoms with Crippen LogP contribution in [-0.4, -0.2) is 50.4 Å². The van der Waals surface area contributed by atoms with Crippen LogP contribution >= 0.6 is 0 Å². The Morgan fingerprint density at radius 1 is 1.29 bits per heavy atom. The van der Waals surface area contributed by atoms with Crippen molar-refractivity contribution in [2.45, 2.75) is 24.7 Å². The molecular weight excluding hydrogens is 276 g/mol. The molecule has 0 unspecified atom stereocenters. The molecule has 0 aromatic heterocycles. The number of hydrogen-bond donors (Lipinski definition) is 1. The molecule has 0 aliphatic carbocycles. The smallest absolute Gasteiger partial charge is 0.309 e. The van der Waals surface area contributed by atoms with Crippen LogP contribution in [0.5, 0.6) is 0 Å². The maximum Gasteiger partial charge on any atom is 0.309 e. The molecule has 1 aliphatic rings. The van der Waals surface area contributed by atoms with Crippen molar-refractivity contribution in [1.29, 1.82) is 0 Å². The number of aliphatic hydroxyl groups excluding tert-OH is 1. The predicted octanol–water partition coefficient (Wildman–Crippen LogP) is 1.04. The summed E-state index contributed by atoms with van der Waals surface area (Å²) in [4.78, 5) is 11.5. The van der Waals surface area contributed by atoms with Gasteiger partial charge in [0.2, 0.25) is 0 Å². The van der Waals surface area contributed by atoms with Gasteiger partial charge in [-0.1, -0.05) is 30.3 Å². The number of cyclic esters (lactones) is 1. The number of carbonyl (C=O) groups excluding carboxylic acids is 1. The Hall–Kier alpha value is -1.47. The standard InChI is InChI=1S/C15H20O6/c1-18-7-8-19-10-20-15-12(16)9-13(17)21-14(15)11-5-3-2-4-6-11/h2-6,12,14-16H,7-10H2,1H3/t12-,14+,15+/m1/s1. The molecule has 1 aromatic rings. The van der Waals surface area contributed by atoms with Crippen molar-refractivity contribution >= 4 is 5.97 Å². The van der Waals surface area contributed by atoms with E-state index in [9.17, 15) is 9.90 Å². The molecule has 1 aliphatic heterocycles. The first kappa shape index (κ1) is 15.9. The fraction of sp³-hybridized carbons (Fsp3) is 0.533. The average Bonchev–Trinajstić information content (AvgIpc) is 2.49. The van der Waals surface area contributed by atoms with E-state index in [0.29, 0.717) is 13.2 Å². The Morgan fingerprint density at radius 3 is 2.76 bits per heavy atom. The van der Waals surface area contributed by atoms with E-state index < -0.39 is 24.3 Å². The molecule has 0 bridgehead atoms. The number of benzene rings is 1. The number of hydrogen-bond acceptors (Lipinski definition) is 6. The molecule has 6 heteroatoms. The highest BCUT2D eigenvalue weighted by atomic mass is 16.7. The Balaban J connectivity index is 1.98. The molecule has 116 valence electrons. The van der Waals surface area contributed by atoms with Crippen molar-refractivity contribution in [2.75, 3.05) is 27.1 Å². The summed E-state index contributed by atoms with van der Waals surface area (Å²) >= 11 is 0. The summed E-state index contributed by atoms with van der Waals surface area (Å²) in [5.74, 6) is -0.434. The van der Waals surface area contributed by atoms with Crippen molar-refractivity contribution in [3.8, 4) is 0 Å². The quantitative estimate of drug-likeness (QED) is 0.460. The van der Waals surface area contributed by atoms with Crippen molar-refractivity contribution in [3.63, 3.8) is 0 Å². The van der Waals surface area contributed by atoms with E-state index in [1.807, 2.05) is 30.3 Å². The van der Waals surface area contributed by atoms with Gasteiger partial charge in [0.05, 0.1) is 25.7 Å². The minimum atomic E-state index is -0.914. The molecule has 0 radical (unpaired) electrons. The topological polar surface area (TPSA) is 74.2 Å². The van der Waals surface area contributed by atoms with Gasteiger partial charge in [0.1, 0.15) is 12.9 Å². The van der Waals surface area contributed by atoms with Crippen LogP contribution in [0.3, 0.4) is 0 Å². The van der Waals surface area contributed by atoms with Crippen molar-refractivity contribution in [1.82, 2.24) is 0 Å². The van der Waals surface area contributed by atoms with Crippen LogP contribution in [-0.2, 0) is 23.7 Å². The third kappa shape index (κ3) is 4.50. The first-order valence-corrected chi connectivity index (χ1v) is 6.83. The Bertz CT molecular complexity index is 435. The lowest BCUT2D eigenvalue weighted by atomic mass is 9.96. The van der Waals surface area contributed by atoms with E-state index in [0.717, 1.165) is 5.56 Å². The molecule has 1 saturated heterocycles. The zero-order valence-corrected chi connectivity index (χ0v) is 11.9. The number of ether oxygens (including phenoxy) is 4. The van der Waals surface area contributed by atoms with E-state index in [1.54, 1.807) is 7.11 Å². The molecular formula is C15H20O6. The van der Waals surface area contributed by atoms with Gasteiger partial charge in [-0.15, -0.1) is 0 Å². The first-order chi connectivity index (χ1) is 10.2. The molecule has 0 amide bonds. The van der Waals surface area contributed by atoms with Crippen LogP contribution in [0.15, 0.2) is 30.3 Å².